The van der Waals surface area contributed by atoms with Gasteiger partial charge in [-0.2, -0.15) is 0 Å². The predicted molar refractivity (Wildman–Crippen MR) is 130 cm³/mol. The Balaban J connectivity index is 1.24. The van der Waals surface area contributed by atoms with Crippen molar-refractivity contribution in [1.82, 2.24) is 15.2 Å². The van der Waals surface area contributed by atoms with Gasteiger partial charge in [-0.1, -0.05) is 30.3 Å². The molecule has 1 fully saturated rings. The number of para-hydroxylation sites is 1. The smallest absolute Gasteiger partial charge is 0.244 e. The molecule has 1 aromatic heterocycles. The average molecular weight is 466 g/mol. The zero-order valence-electron chi connectivity index (χ0n) is 18.7. The number of ether oxygens (including phenoxy) is 1. The Hall–Kier alpha value is -3.03. The number of carbonyl (C=O) groups excluding carboxylic acids is 1. The number of hydrogen-bond acceptors (Lipinski definition) is 5. The summed E-state index contributed by atoms with van der Waals surface area (Å²) in [5.41, 5.74) is 2.86. The summed E-state index contributed by atoms with van der Waals surface area (Å²) in [7, 11) is 0. The standard InChI is InChI=1S/C26H28FN3O2S/c1-19-28-24(18-33-19)17-32-25-5-3-2-4-21(25)8-11-26(31)29-23-12-14-30(15-13-23)16-20-6-9-22(27)10-7-20/h2-11,18,23H,12-17H2,1H3,(H,29,31). The highest BCUT2D eigenvalue weighted by Gasteiger charge is 2.20. The van der Waals surface area contributed by atoms with E-state index in [-0.39, 0.29) is 17.8 Å². The lowest BCUT2D eigenvalue weighted by molar-refractivity contribution is -0.117. The number of hydrogen-bond donors (Lipinski definition) is 1. The molecule has 1 N–H and O–H groups in total. The van der Waals surface area contributed by atoms with Crippen molar-refractivity contribution < 1.29 is 13.9 Å². The number of aryl methyl sites for hydroxylation is 1. The molecule has 172 valence electrons. The van der Waals surface area contributed by atoms with Gasteiger partial charge in [0.2, 0.25) is 5.91 Å². The Morgan fingerprint density at radius 3 is 2.70 bits per heavy atom. The molecule has 1 saturated heterocycles. The second-order valence-electron chi connectivity index (χ2n) is 8.20. The van der Waals surface area contributed by atoms with Gasteiger partial charge in [0.15, 0.2) is 0 Å². The number of benzene rings is 2. The van der Waals surface area contributed by atoms with Crippen molar-refractivity contribution in [2.24, 2.45) is 0 Å². The number of thiazole rings is 1. The van der Waals surface area contributed by atoms with Crippen LogP contribution in [0.15, 0.2) is 60.0 Å². The van der Waals surface area contributed by atoms with Gasteiger partial charge in [0.05, 0.1) is 10.7 Å². The lowest BCUT2D eigenvalue weighted by Gasteiger charge is -2.32. The fraction of sp³-hybridized carbons (Fsp3) is 0.308. The van der Waals surface area contributed by atoms with Crippen LogP contribution < -0.4 is 10.1 Å². The molecule has 0 aliphatic carbocycles. The molecule has 0 atom stereocenters. The first-order chi connectivity index (χ1) is 16.0. The molecular weight excluding hydrogens is 437 g/mol. The van der Waals surface area contributed by atoms with Crippen molar-refractivity contribution in [2.45, 2.75) is 39.0 Å². The number of carbonyl (C=O) groups is 1. The van der Waals surface area contributed by atoms with Gasteiger partial charge in [-0.3, -0.25) is 9.69 Å². The highest BCUT2D eigenvalue weighted by atomic mass is 32.1. The van der Waals surface area contributed by atoms with Gasteiger partial charge in [0, 0.05) is 42.7 Å². The largest absolute Gasteiger partial charge is 0.487 e. The fourth-order valence-electron chi connectivity index (χ4n) is 3.87. The summed E-state index contributed by atoms with van der Waals surface area (Å²) in [5, 5.41) is 6.12. The SMILES string of the molecule is Cc1nc(COc2ccccc2C=CC(=O)NC2CCN(Cc3ccc(F)cc3)CC2)cs1. The molecule has 3 aromatic rings. The van der Waals surface area contributed by atoms with E-state index in [1.807, 2.05) is 48.7 Å². The van der Waals surface area contributed by atoms with Crippen molar-refractivity contribution in [3.05, 3.63) is 87.6 Å². The van der Waals surface area contributed by atoms with E-state index in [0.717, 1.165) is 60.1 Å². The Morgan fingerprint density at radius 2 is 1.97 bits per heavy atom. The predicted octanol–water partition coefficient (Wildman–Crippen LogP) is 4.96. The molecule has 2 aromatic carbocycles. The Kier molecular flexibility index (Phi) is 7.86. The van der Waals surface area contributed by atoms with Crippen LogP contribution in [0.25, 0.3) is 6.08 Å². The van der Waals surface area contributed by atoms with E-state index in [9.17, 15) is 9.18 Å². The molecule has 4 rings (SSSR count). The summed E-state index contributed by atoms with van der Waals surface area (Å²) in [6.07, 6.45) is 5.15. The minimum atomic E-state index is -0.211. The molecule has 0 bridgehead atoms. The molecule has 0 unspecified atom stereocenters. The number of halogens is 1. The number of rotatable bonds is 8. The number of nitrogens with zero attached hydrogens (tertiary/aromatic N) is 2. The number of aromatic nitrogens is 1. The number of likely N-dealkylation sites (tertiary alicyclic amines) is 1. The summed E-state index contributed by atoms with van der Waals surface area (Å²) in [5.74, 6) is 0.412. The third kappa shape index (κ3) is 6.97. The highest BCUT2D eigenvalue weighted by Crippen LogP contribution is 2.21. The molecule has 2 heterocycles. The maximum atomic E-state index is 13.1. The molecule has 5 nitrogen and oxygen atoms in total. The van der Waals surface area contributed by atoms with Crippen molar-refractivity contribution in [3.8, 4) is 5.75 Å². The summed E-state index contributed by atoms with van der Waals surface area (Å²) in [4.78, 5) is 19.2. The van der Waals surface area contributed by atoms with Crippen LogP contribution in [0.2, 0.25) is 0 Å². The molecule has 7 heteroatoms. The van der Waals surface area contributed by atoms with Crippen molar-refractivity contribution in [2.75, 3.05) is 13.1 Å². The molecular formula is C26H28FN3O2S. The van der Waals surface area contributed by atoms with Crippen LogP contribution in [0.1, 0.15) is 34.7 Å². The third-order valence-corrected chi connectivity index (χ3v) is 6.45. The van der Waals surface area contributed by atoms with Crippen LogP contribution in [-0.2, 0) is 17.9 Å². The minimum absolute atomic E-state index is 0.100. The fourth-order valence-corrected chi connectivity index (χ4v) is 4.47. The molecule has 0 radical (unpaired) electrons. The van der Waals surface area contributed by atoms with Crippen LogP contribution in [0.5, 0.6) is 5.75 Å². The van der Waals surface area contributed by atoms with Gasteiger partial charge < -0.3 is 10.1 Å². The molecule has 0 saturated carbocycles. The molecule has 1 aliphatic rings. The first-order valence-corrected chi connectivity index (χ1v) is 12.0. The summed E-state index contributed by atoms with van der Waals surface area (Å²) >= 11 is 1.60. The second-order valence-corrected chi connectivity index (χ2v) is 9.27. The van der Waals surface area contributed by atoms with Crippen molar-refractivity contribution in [3.63, 3.8) is 0 Å². The molecule has 33 heavy (non-hydrogen) atoms. The highest BCUT2D eigenvalue weighted by molar-refractivity contribution is 7.09. The normalized spacial score (nSPS) is 15.1. The molecule has 0 spiro atoms. The van der Waals surface area contributed by atoms with Crippen LogP contribution in [0.3, 0.4) is 0 Å². The Labute approximate surface area is 197 Å². The average Bonchev–Trinajstić information content (AvgIpc) is 3.24. The van der Waals surface area contributed by atoms with Gasteiger partial charge in [-0.15, -0.1) is 11.3 Å². The third-order valence-electron chi connectivity index (χ3n) is 5.63. The van der Waals surface area contributed by atoms with E-state index in [0.29, 0.717) is 6.61 Å². The Morgan fingerprint density at radius 1 is 1.21 bits per heavy atom. The number of amides is 1. The summed E-state index contributed by atoms with van der Waals surface area (Å²) < 4.78 is 19.0. The zero-order valence-corrected chi connectivity index (χ0v) is 19.5. The van der Waals surface area contributed by atoms with E-state index in [1.54, 1.807) is 23.5 Å². The number of piperidine rings is 1. The van der Waals surface area contributed by atoms with Gasteiger partial charge in [0.25, 0.3) is 0 Å². The van der Waals surface area contributed by atoms with E-state index in [4.69, 9.17) is 4.74 Å². The van der Waals surface area contributed by atoms with Crippen molar-refractivity contribution in [1.29, 1.82) is 0 Å². The maximum absolute atomic E-state index is 13.1. The first-order valence-electron chi connectivity index (χ1n) is 11.1. The molecule has 1 amide bonds. The van der Waals surface area contributed by atoms with Crippen molar-refractivity contribution >= 4 is 23.3 Å². The zero-order chi connectivity index (χ0) is 23.0. The minimum Gasteiger partial charge on any atom is -0.487 e. The monoisotopic (exact) mass is 465 g/mol. The lowest BCUT2D eigenvalue weighted by Crippen LogP contribution is -2.43. The van der Waals surface area contributed by atoms with Crippen LogP contribution in [-0.4, -0.2) is 34.9 Å². The van der Waals surface area contributed by atoms with Gasteiger partial charge >= 0.3 is 0 Å². The van der Waals surface area contributed by atoms with Gasteiger partial charge in [0.1, 0.15) is 18.2 Å². The van der Waals surface area contributed by atoms with Gasteiger partial charge in [-0.25, -0.2) is 9.37 Å². The summed E-state index contributed by atoms with van der Waals surface area (Å²) in [6.45, 7) is 4.98. The van der Waals surface area contributed by atoms with Crippen LogP contribution >= 0.6 is 11.3 Å². The van der Waals surface area contributed by atoms with E-state index < -0.39 is 0 Å². The quantitative estimate of drug-likeness (QED) is 0.478. The van der Waals surface area contributed by atoms with E-state index >= 15 is 0 Å². The number of nitrogens with one attached hydrogen (secondary N) is 1. The van der Waals surface area contributed by atoms with E-state index in [2.05, 4.69) is 15.2 Å². The lowest BCUT2D eigenvalue weighted by atomic mass is 10.0. The summed E-state index contributed by atoms with van der Waals surface area (Å²) in [6, 6.07) is 14.5. The van der Waals surface area contributed by atoms with Crippen LogP contribution in [0.4, 0.5) is 4.39 Å². The topological polar surface area (TPSA) is 54.5 Å². The van der Waals surface area contributed by atoms with E-state index in [1.165, 1.54) is 12.1 Å². The molecule has 1 aliphatic heterocycles. The maximum Gasteiger partial charge on any atom is 0.244 e. The second kappa shape index (κ2) is 11.2. The van der Waals surface area contributed by atoms with Crippen LogP contribution in [0, 0.1) is 12.7 Å². The first kappa shape index (κ1) is 23.1. The Bertz CT molecular complexity index is 1090. The van der Waals surface area contributed by atoms with Gasteiger partial charge in [-0.05, 0) is 49.6 Å².